The zero-order chi connectivity index (χ0) is 15.2. The fourth-order valence-electron chi connectivity index (χ4n) is 3.42. The van der Waals surface area contributed by atoms with Gasteiger partial charge in [0.05, 0.1) is 0 Å². The van der Waals surface area contributed by atoms with Crippen molar-refractivity contribution in [1.82, 2.24) is 5.32 Å². The van der Waals surface area contributed by atoms with Crippen LogP contribution in [0.4, 0.5) is 0 Å². The number of rotatable bonds is 5. The molecule has 0 radical (unpaired) electrons. The summed E-state index contributed by atoms with van der Waals surface area (Å²) in [4.78, 5) is 12.5. The van der Waals surface area contributed by atoms with E-state index in [2.05, 4.69) is 19.2 Å². The van der Waals surface area contributed by atoms with Gasteiger partial charge in [-0.25, -0.2) is 0 Å². The van der Waals surface area contributed by atoms with Crippen LogP contribution in [0.1, 0.15) is 55.5 Å². The highest BCUT2D eigenvalue weighted by atomic mass is 16.1. The Hall–Kier alpha value is -1.35. The molecule has 1 aromatic rings. The standard InChI is InChI=1S/C18H28N2O/c1-13(2)16-8-3-4-9-17(16)20-18(21)15-7-5-6-14(12-15)10-11-19/h5-7,12-13,16-17H,3-4,8-11,19H2,1-2H3,(H,20,21). The van der Waals surface area contributed by atoms with Gasteiger partial charge in [-0.3, -0.25) is 4.79 Å². The third-order valence-corrected chi connectivity index (χ3v) is 4.61. The number of nitrogens with two attached hydrogens (primary N) is 1. The molecule has 0 aromatic heterocycles. The van der Waals surface area contributed by atoms with Crippen LogP contribution >= 0.6 is 0 Å². The first-order valence-electron chi connectivity index (χ1n) is 8.21. The smallest absolute Gasteiger partial charge is 0.251 e. The molecule has 1 aromatic carbocycles. The van der Waals surface area contributed by atoms with Crippen molar-refractivity contribution in [3.8, 4) is 0 Å². The van der Waals surface area contributed by atoms with Crippen LogP contribution in [0, 0.1) is 11.8 Å². The number of amides is 1. The van der Waals surface area contributed by atoms with Crippen LogP contribution < -0.4 is 11.1 Å². The van der Waals surface area contributed by atoms with Gasteiger partial charge in [0.1, 0.15) is 0 Å². The first-order chi connectivity index (χ1) is 10.1. The van der Waals surface area contributed by atoms with Crippen LogP contribution in [0.5, 0.6) is 0 Å². The van der Waals surface area contributed by atoms with Crippen LogP contribution in [-0.4, -0.2) is 18.5 Å². The van der Waals surface area contributed by atoms with E-state index >= 15 is 0 Å². The molecule has 0 spiro atoms. The average Bonchev–Trinajstić information content (AvgIpc) is 2.48. The lowest BCUT2D eigenvalue weighted by Gasteiger charge is -2.35. The molecule has 1 aliphatic rings. The van der Waals surface area contributed by atoms with Crippen molar-refractivity contribution in [2.24, 2.45) is 17.6 Å². The van der Waals surface area contributed by atoms with Gasteiger partial charge in [0.15, 0.2) is 0 Å². The molecule has 2 atom stereocenters. The molecule has 3 N–H and O–H groups in total. The van der Waals surface area contributed by atoms with Crippen molar-refractivity contribution in [2.45, 2.75) is 52.0 Å². The fourth-order valence-corrected chi connectivity index (χ4v) is 3.42. The monoisotopic (exact) mass is 288 g/mol. The van der Waals surface area contributed by atoms with E-state index < -0.39 is 0 Å². The molecule has 0 heterocycles. The zero-order valence-electron chi connectivity index (χ0n) is 13.3. The van der Waals surface area contributed by atoms with Gasteiger partial charge in [0, 0.05) is 11.6 Å². The molecule has 21 heavy (non-hydrogen) atoms. The van der Waals surface area contributed by atoms with E-state index in [0.717, 1.165) is 24.0 Å². The second-order valence-corrected chi connectivity index (χ2v) is 6.51. The third kappa shape index (κ3) is 4.31. The van der Waals surface area contributed by atoms with Crippen LogP contribution in [0.3, 0.4) is 0 Å². The van der Waals surface area contributed by atoms with Crippen molar-refractivity contribution in [2.75, 3.05) is 6.54 Å². The molecule has 2 rings (SSSR count). The van der Waals surface area contributed by atoms with E-state index in [4.69, 9.17) is 5.73 Å². The molecule has 1 aliphatic carbocycles. The quantitative estimate of drug-likeness (QED) is 0.874. The van der Waals surface area contributed by atoms with E-state index in [1.807, 2.05) is 24.3 Å². The van der Waals surface area contributed by atoms with Crippen LogP contribution in [0.25, 0.3) is 0 Å². The second kappa shape index (κ2) is 7.60. The Bertz CT molecular complexity index is 470. The molecule has 1 amide bonds. The molecule has 116 valence electrons. The minimum absolute atomic E-state index is 0.0615. The predicted octanol–water partition coefficient (Wildman–Crippen LogP) is 3.13. The van der Waals surface area contributed by atoms with E-state index in [1.165, 1.54) is 19.3 Å². The number of carbonyl (C=O) groups excluding carboxylic acids is 1. The summed E-state index contributed by atoms with van der Waals surface area (Å²) in [7, 11) is 0. The van der Waals surface area contributed by atoms with Crippen LogP contribution in [0.2, 0.25) is 0 Å². The largest absolute Gasteiger partial charge is 0.349 e. The number of benzene rings is 1. The van der Waals surface area contributed by atoms with E-state index in [1.54, 1.807) is 0 Å². The molecule has 0 saturated heterocycles. The highest BCUT2D eigenvalue weighted by Gasteiger charge is 2.28. The summed E-state index contributed by atoms with van der Waals surface area (Å²) < 4.78 is 0. The topological polar surface area (TPSA) is 55.1 Å². The SMILES string of the molecule is CC(C)C1CCCCC1NC(=O)c1cccc(CCN)c1. The highest BCUT2D eigenvalue weighted by molar-refractivity contribution is 5.94. The van der Waals surface area contributed by atoms with Gasteiger partial charge in [-0.15, -0.1) is 0 Å². The highest BCUT2D eigenvalue weighted by Crippen LogP contribution is 2.30. The number of hydrogen-bond acceptors (Lipinski definition) is 2. The minimum atomic E-state index is 0.0615. The molecule has 3 nitrogen and oxygen atoms in total. The molecule has 2 unspecified atom stereocenters. The van der Waals surface area contributed by atoms with Gasteiger partial charge in [-0.05, 0) is 55.3 Å². The molecule has 0 aliphatic heterocycles. The summed E-state index contributed by atoms with van der Waals surface area (Å²) in [6.45, 7) is 5.14. The second-order valence-electron chi connectivity index (χ2n) is 6.51. The first kappa shape index (κ1) is 16.0. The van der Waals surface area contributed by atoms with E-state index in [9.17, 15) is 4.79 Å². The molecular weight excluding hydrogens is 260 g/mol. The summed E-state index contributed by atoms with van der Waals surface area (Å²) in [5.41, 5.74) is 7.48. The summed E-state index contributed by atoms with van der Waals surface area (Å²) in [6.07, 6.45) is 5.68. The lowest BCUT2D eigenvalue weighted by molar-refractivity contribution is 0.0889. The normalized spacial score (nSPS) is 22.3. The fraction of sp³-hybridized carbons (Fsp3) is 0.611. The lowest BCUT2D eigenvalue weighted by Crippen LogP contribution is -2.43. The molecule has 0 bridgehead atoms. The van der Waals surface area contributed by atoms with Gasteiger partial charge in [-0.2, -0.15) is 0 Å². The van der Waals surface area contributed by atoms with E-state index in [-0.39, 0.29) is 5.91 Å². The molecule has 1 saturated carbocycles. The van der Waals surface area contributed by atoms with Gasteiger partial charge >= 0.3 is 0 Å². The summed E-state index contributed by atoms with van der Waals surface area (Å²) >= 11 is 0. The van der Waals surface area contributed by atoms with Crippen LogP contribution in [-0.2, 0) is 6.42 Å². The summed E-state index contributed by atoms with van der Waals surface area (Å²) in [6, 6.07) is 8.16. The van der Waals surface area contributed by atoms with Crippen LogP contribution in [0.15, 0.2) is 24.3 Å². The number of carbonyl (C=O) groups is 1. The van der Waals surface area contributed by atoms with Crippen molar-refractivity contribution in [1.29, 1.82) is 0 Å². The Labute approximate surface area is 128 Å². The van der Waals surface area contributed by atoms with Gasteiger partial charge in [0.2, 0.25) is 0 Å². The predicted molar refractivity (Wildman–Crippen MR) is 87.3 cm³/mol. The Morgan fingerprint density at radius 3 is 2.81 bits per heavy atom. The van der Waals surface area contributed by atoms with Crippen molar-refractivity contribution < 1.29 is 4.79 Å². The Morgan fingerprint density at radius 2 is 2.10 bits per heavy atom. The van der Waals surface area contributed by atoms with Gasteiger partial charge < -0.3 is 11.1 Å². The maximum Gasteiger partial charge on any atom is 0.251 e. The van der Waals surface area contributed by atoms with Crippen molar-refractivity contribution in [3.05, 3.63) is 35.4 Å². The Kier molecular flexibility index (Phi) is 5.80. The van der Waals surface area contributed by atoms with Gasteiger partial charge in [0.25, 0.3) is 5.91 Å². The molecule has 3 heteroatoms. The molecular formula is C18H28N2O. The summed E-state index contributed by atoms with van der Waals surface area (Å²) in [5, 5.41) is 3.27. The number of hydrogen-bond donors (Lipinski definition) is 2. The van der Waals surface area contributed by atoms with E-state index in [0.29, 0.717) is 24.4 Å². The maximum atomic E-state index is 12.5. The maximum absolute atomic E-state index is 12.5. The zero-order valence-corrected chi connectivity index (χ0v) is 13.3. The Morgan fingerprint density at radius 1 is 1.33 bits per heavy atom. The third-order valence-electron chi connectivity index (χ3n) is 4.61. The first-order valence-corrected chi connectivity index (χ1v) is 8.21. The van der Waals surface area contributed by atoms with Crippen molar-refractivity contribution >= 4 is 5.91 Å². The average molecular weight is 288 g/mol. The molecule has 1 fully saturated rings. The number of nitrogens with one attached hydrogen (secondary N) is 1. The minimum Gasteiger partial charge on any atom is -0.349 e. The van der Waals surface area contributed by atoms with Gasteiger partial charge in [-0.1, -0.05) is 38.8 Å². The Balaban J connectivity index is 2.04. The lowest BCUT2D eigenvalue weighted by atomic mass is 9.78. The van der Waals surface area contributed by atoms with Crippen molar-refractivity contribution in [3.63, 3.8) is 0 Å². The summed E-state index contributed by atoms with van der Waals surface area (Å²) in [5.74, 6) is 1.29.